The molecule has 3 rings (SSSR count). The summed E-state index contributed by atoms with van der Waals surface area (Å²) in [5, 5.41) is 23.7. The molecule has 1 aliphatic heterocycles. The second-order valence-electron chi connectivity index (χ2n) is 8.27. The van der Waals surface area contributed by atoms with Gasteiger partial charge in [-0.1, -0.05) is 18.0 Å². The average molecular weight is 551 g/mol. The van der Waals surface area contributed by atoms with Crippen LogP contribution >= 0.6 is 23.1 Å². The van der Waals surface area contributed by atoms with Crippen molar-refractivity contribution in [2.75, 3.05) is 31.5 Å². The van der Waals surface area contributed by atoms with Crippen molar-refractivity contribution in [3.8, 4) is 5.88 Å². The van der Waals surface area contributed by atoms with Crippen LogP contribution in [0.5, 0.6) is 5.88 Å². The van der Waals surface area contributed by atoms with Crippen LogP contribution in [0.3, 0.4) is 0 Å². The minimum atomic E-state index is -1.56. The van der Waals surface area contributed by atoms with E-state index in [1.165, 1.54) is 6.42 Å². The van der Waals surface area contributed by atoms with Crippen molar-refractivity contribution >= 4 is 40.1 Å². The van der Waals surface area contributed by atoms with Crippen LogP contribution in [-0.2, 0) is 6.61 Å². The quantitative estimate of drug-likeness (QED) is 0.187. The van der Waals surface area contributed by atoms with Gasteiger partial charge in [0.25, 0.3) is 0 Å². The number of halogens is 4. The Morgan fingerprint density at radius 1 is 1.22 bits per heavy atom. The van der Waals surface area contributed by atoms with Crippen molar-refractivity contribution in [1.29, 1.82) is 0 Å². The number of hydrogen-bond donors (Lipinski definition) is 4. The Morgan fingerprint density at radius 3 is 2.64 bits per heavy atom. The van der Waals surface area contributed by atoms with Crippen LogP contribution < -0.4 is 15.4 Å². The molecule has 1 fully saturated rings. The van der Waals surface area contributed by atoms with E-state index in [4.69, 9.17) is 16.3 Å². The number of aliphatic hydroxyl groups excluding tert-OH is 1. The number of likely N-dealkylation sites (tertiary alicyclic amines) is 1. The van der Waals surface area contributed by atoms with Gasteiger partial charge < -0.3 is 25.2 Å². The molecule has 2 amide bonds. The molecule has 0 bridgehead atoms. The molecule has 4 N–H and O–H groups in total. The molecule has 198 valence electrons. The summed E-state index contributed by atoms with van der Waals surface area (Å²) in [6, 6.07) is -0.128. The predicted molar refractivity (Wildman–Crippen MR) is 127 cm³/mol. The van der Waals surface area contributed by atoms with Gasteiger partial charge in [-0.3, -0.25) is 5.32 Å². The van der Waals surface area contributed by atoms with Crippen molar-refractivity contribution in [1.82, 2.24) is 14.6 Å². The van der Waals surface area contributed by atoms with E-state index in [2.05, 4.69) is 19.9 Å². The van der Waals surface area contributed by atoms with Crippen LogP contribution in [0.25, 0.3) is 0 Å². The fourth-order valence-corrected chi connectivity index (χ4v) is 4.64. The van der Waals surface area contributed by atoms with Gasteiger partial charge in [-0.25, -0.2) is 22.8 Å². The first-order valence-corrected chi connectivity index (χ1v) is 12.5. The van der Waals surface area contributed by atoms with E-state index in [1.807, 2.05) is 0 Å². The third kappa shape index (κ3) is 7.45. The number of urea groups is 1. The van der Waals surface area contributed by atoms with Crippen molar-refractivity contribution in [2.45, 2.75) is 44.8 Å². The van der Waals surface area contributed by atoms with Gasteiger partial charge in [0.1, 0.15) is 17.4 Å². The maximum absolute atomic E-state index is 14.0. The lowest BCUT2D eigenvalue weighted by molar-refractivity contribution is 0.0692. The topological polar surface area (TPSA) is 124 Å². The number of amides is 2. The number of nitrogens with one attached hydrogen (secondary N) is 2. The van der Waals surface area contributed by atoms with E-state index in [1.54, 1.807) is 0 Å². The number of aliphatic hydroxyl groups is 1. The maximum Gasteiger partial charge on any atom is 0.344 e. The lowest BCUT2D eigenvalue weighted by Crippen LogP contribution is -2.37. The van der Waals surface area contributed by atoms with Crippen LogP contribution in [0, 0.1) is 17.5 Å². The highest BCUT2D eigenvalue weighted by Gasteiger charge is 2.25. The summed E-state index contributed by atoms with van der Waals surface area (Å²) < 4.78 is 50.4. The van der Waals surface area contributed by atoms with Crippen molar-refractivity contribution in [2.24, 2.45) is 0 Å². The Bertz CT molecular complexity index is 1080. The molecule has 2 heterocycles. The smallest absolute Gasteiger partial charge is 0.344 e. The van der Waals surface area contributed by atoms with E-state index in [0.29, 0.717) is 37.0 Å². The van der Waals surface area contributed by atoms with Gasteiger partial charge in [-0.05, 0) is 56.4 Å². The molecule has 14 heteroatoms. The molecular weight excluding hydrogens is 525 g/mol. The van der Waals surface area contributed by atoms with E-state index < -0.39 is 64.2 Å². The number of hydrogen-bond acceptors (Lipinski definition) is 7. The Hall–Kier alpha value is -2.61. The van der Waals surface area contributed by atoms with Crippen molar-refractivity contribution < 1.29 is 37.7 Å². The Morgan fingerprint density at radius 2 is 1.94 bits per heavy atom. The van der Waals surface area contributed by atoms with Gasteiger partial charge >= 0.3 is 12.0 Å². The zero-order valence-corrected chi connectivity index (χ0v) is 20.7. The summed E-state index contributed by atoms with van der Waals surface area (Å²) in [6.45, 7) is 1.93. The molecule has 0 spiro atoms. The molecule has 1 aliphatic rings. The first-order chi connectivity index (χ1) is 17.2. The highest BCUT2D eigenvalue weighted by atomic mass is 35.5. The summed E-state index contributed by atoms with van der Waals surface area (Å²) in [5.41, 5.74) is -1.32. The largest absolute Gasteiger partial charge is 0.477 e. The van der Waals surface area contributed by atoms with Gasteiger partial charge in [0.15, 0.2) is 17.2 Å². The Balaban J connectivity index is 1.50. The molecule has 9 nitrogen and oxygen atoms in total. The summed E-state index contributed by atoms with van der Waals surface area (Å²) >= 11 is 5.97. The number of ether oxygens (including phenoxy) is 1. The second kappa shape index (κ2) is 13.1. The molecule has 1 aromatic heterocycles. The van der Waals surface area contributed by atoms with Crippen molar-refractivity contribution in [3.63, 3.8) is 0 Å². The van der Waals surface area contributed by atoms with Gasteiger partial charge in [-0.15, -0.1) is 0 Å². The summed E-state index contributed by atoms with van der Waals surface area (Å²) in [6.07, 6.45) is 3.97. The Kier molecular flexibility index (Phi) is 10.2. The number of aromatic nitrogens is 1. The number of carbonyl (C=O) groups excluding carboxylic acids is 1. The van der Waals surface area contributed by atoms with Gasteiger partial charge in [-0.2, -0.15) is 4.37 Å². The number of carbonyl (C=O) groups is 2. The van der Waals surface area contributed by atoms with Gasteiger partial charge in [0, 0.05) is 13.1 Å². The van der Waals surface area contributed by atoms with Gasteiger partial charge in [0.2, 0.25) is 5.88 Å². The minimum absolute atomic E-state index is 0.164. The highest BCUT2D eigenvalue weighted by Crippen LogP contribution is 2.32. The van der Waals surface area contributed by atoms with E-state index >= 15 is 0 Å². The first-order valence-electron chi connectivity index (χ1n) is 11.3. The zero-order valence-electron chi connectivity index (χ0n) is 19.2. The summed E-state index contributed by atoms with van der Waals surface area (Å²) in [7, 11) is 0. The molecule has 0 aliphatic carbocycles. The predicted octanol–water partition coefficient (Wildman–Crippen LogP) is 4.24. The molecular formula is C22H26ClF3N4O5S. The summed E-state index contributed by atoms with van der Waals surface area (Å²) in [5.74, 6) is -6.21. The van der Waals surface area contributed by atoms with Crippen LogP contribution in [0.2, 0.25) is 5.02 Å². The molecule has 1 unspecified atom stereocenters. The SMILES string of the molecule is O=C(NCCCC(O)CN1CCCCC1)Nc1snc(OCc2c(F)cc(Cl)c(F)c2F)c1C(=O)O. The fraction of sp³-hybridized carbons (Fsp3) is 0.500. The van der Waals surface area contributed by atoms with Gasteiger partial charge in [0.05, 0.1) is 16.7 Å². The second-order valence-corrected chi connectivity index (χ2v) is 9.45. The standard InChI is InChI=1S/C22H26ClF3N4O5S/c23-14-9-15(24)13(17(25)18(14)26)11-35-19-16(21(32)33)20(36-29-19)28-22(34)27-6-4-5-12(31)10-30-7-2-1-3-8-30/h9,12,31H,1-8,10-11H2,(H,32,33)(H2,27,28,34). The molecule has 0 saturated carbocycles. The number of piperidine rings is 1. The number of carboxylic acid groups (broad SMARTS) is 1. The van der Waals surface area contributed by atoms with E-state index in [-0.39, 0.29) is 11.5 Å². The summed E-state index contributed by atoms with van der Waals surface area (Å²) in [4.78, 5) is 26.1. The maximum atomic E-state index is 14.0. The number of aromatic carboxylic acids is 1. The number of nitrogens with zero attached hydrogens (tertiary/aromatic N) is 2. The van der Waals surface area contributed by atoms with E-state index in [0.717, 1.165) is 25.9 Å². The van der Waals surface area contributed by atoms with Crippen LogP contribution in [0.1, 0.15) is 48.0 Å². The monoisotopic (exact) mass is 550 g/mol. The third-order valence-corrected chi connectivity index (χ3v) is 6.60. The molecule has 0 radical (unpaired) electrons. The molecule has 1 aromatic carbocycles. The normalized spacial score (nSPS) is 14.9. The number of β-amino-alcohol motifs (C(OH)–C–C–N with tert-alkyl or cyclic N) is 1. The van der Waals surface area contributed by atoms with Crippen molar-refractivity contribution in [3.05, 3.63) is 39.7 Å². The lowest BCUT2D eigenvalue weighted by atomic mass is 10.1. The number of rotatable bonds is 11. The fourth-order valence-electron chi connectivity index (χ4n) is 3.74. The Labute approximate surface area is 214 Å². The van der Waals surface area contributed by atoms with Crippen LogP contribution in [0.15, 0.2) is 6.07 Å². The number of benzene rings is 1. The zero-order chi connectivity index (χ0) is 26.2. The minimum Gasteiger partial charge on any atom is -0.477 e. The highest BCUT2D eigenvalue weighted by molar-refractivity contribution is 7.11. The molecule has 2 aromatic rings. The van der Waals surface area contributed by atoms with Crippen LogP contribution in [0.4, 0.5) is 23.0 Å². The third-order valence-electron chi connectivity index (χ3n) is 5.58. The molecule has 1 atom stereocenters. The lowest BCUT2D eigenvalue weighted by Gasteiger charge is -2.28. The number of anilines is 1. The van der Waals surface area contributed by atoms with E-state index in [9.17, 15) is 33.0 Å². The molecule has 36 heavy (non-hydrogen) atoms. The first kappa shape index (κ1) is 28.0. The number of carboxylic acids is 1. The average Bonchev–Trinajstić information content (AvgIpc) is 3.23. The van der Waals surface area contributed by atoms with Crippen LogP contribution in [-0.4, -0.2) is 63.8 Å². The molecule has 1 saturated heterocycles.